The molecule has 0 radical (unpaired) electrons. The Kier molecular flexibility index (Phi) is 5.89. The predicted octanol–water partition coefficient (Wildman–Crippen LogP) is 3.04. The highest BCUT2D eigenvalue weighted by atomic mass is 32.1. The summed E-state index contributed by atoms with van der Waals surface area (Å²) in [6, 6.07) is 7.52. The second-order valence-corrected chi connectivity index (χ2v) is 8.68. The molecule has 2 N–H and O–H groups in total. The van der Waals surface area contributed by atoms with Crippen molar-refractivity contribution in [3.8, 4) is 5.75 Å². The molecular formula is C20H29N5OS. The van der Waals surface area contributed by atoms with E-state index >= 15 is 0 Å². The van der Waals surface area contributed by atoms with Gasteiger partial charge in [-0.15, -0.1) is 11.3 Å². The van der Waals surface area contributed by atoms with Crippen LogP contribution in [0.25, 0.3) is 0 Å². The van der Waals surface area contributed by atoms with Crippen LogP contribution in [0.2, 0.25) is 0 Å². The molecule has 0 bridgehead atoms. The van der Waals surface area contributed by atoms with Gasteiger partial charge in [0.05, 0.1) is 17.9 Å². The quantitative estimate of drug-likeness (QED) is 0.626. The predicted molar refractivity (Wildman–Crippen MR) is 113 cm³/mol. The molecule has 0 unspecified atom stereocenters. The second kappa shape index (κ2) is 8.17. The molecule has 0 saturated carbocycles. The van der Waals surface area contributed by atoms with Gasteiger partial charge in [0.1, 0.15) is 10.8 Å². The third-order valence-corrected chi connectivity index (χ3v) is 5.58. The summed E-state index contributed by atoms with van der Waals surface area (Å²) >= 11 is 1.69. The van der Waals surface area contributed by atoms with Crippen LogP contribution in [0, 0.1) is 0 Å². The van der Waals surface area contributed by atoms with E-state index < -0.39 is 0 Å². The number of guanidine groups is 1. The number of phenols is 1. The fraction of sp³-hybridized carbons (Fsp3) is 0.500. The zero-order valence-corrected chi connectivity index (χ0v) is 17.4. The summed E-state index contributed by atoms with van der Waals surface area (Å²) in [5, 5.41) is 16.7. The van der Waals surface area contributed by atoms with Crippen molar-refractivity contribution in [1.82, 2.24) is 15.2 Å². The van der Waals surface area contributed by atoms with Gasteiger partial charge in [-0.3, -0.25) is 4.99 Å². The molecule has 0 aliphatic carbocycles. The van der Waals surface area contributed by atoms with Gasteiger partial charge in [-0.05, 0) is 12.1 Å². The number of benzene rings is 1. The van der Waals surface area contributed by atoms with Crippen molar-refractivity contribution in [3.05, 3.63) is 40.3 Å². The number of piperazine rings is 1. The maximum absolute atomic E-state index is 10.1. The Morgan fingerprint density at radius 1 is 1.22 bits per heavy atom. The number of para-hydroxylation sites is 2. The fourth-order valence-electron chi connectivity index (χ4n) is 3.11. The van der Waals surface area contributed by atoms with Gasteiger partial charge in [-0.2, -0.15) is 0 Å². The molecule has 0 amide bonds. The summed E-state index contributed by atoms with van der Waals surface area (Å²) in [4.78, 5) is 13.7. The Balaban J connectivity index is 1.55. The standard InChI is InChI=1S/C20H29N5OS/c1-20(2,3)17-14-27-18(23-17)13-22-19(21-4)25-11-9-24(10-12-25)15-7-5-6-8-16(15)26/h5-8,14,26H,9-13H2,1-4H3,(H,21,22). The van der Waals surface area contributed by atoms with E-state index in [0.717, 1.165) is 48.5 Å². The van der Waals surface area contributed by atoms with Crippen molar-refractivity contribution >= 4 is 23.0 Å². The number of anilines is 1. The van der Waals surface area contributed by atoms with Crippen LogP contribution >= 0.6 is 11.3 Å². The first-order valence-electron chi connectivity index (χ1n) is 9.32. The Morgan fingerprint density at radius 3 is 2.52 bits per heavy atom. The summed E-state index contributed by atoms with van der Waals surface area (Å²) in [5.41, 5.74) is 2.11. The van der Waals surface area contributed by atoms with Gasteiger partial charge in [0.2, 0.25) is 0 Å². The summed E-state index contributed by atoms with van der Waals surface area (Å²) < 4.78 is 0. The summed E-state index contributed by atoms with van der Waals surface area (Å²) in [6.45, 7) is 10.7. The summed E-state index contributed by atoms with van der Waals surface area (Å²) in [7, 11) is 1.82. The lowest BCUT2D eigenvalue weighted by Crippen LogP contribution is -2.52. The maximum atomic E-state index is 10.1. The number of hydrogen-bond acceptors (Lipinski definition) is 5. The van der Waals surface area contributed by atoms with Crippen LogP contribution in [0.15, 0.2) is 34.6 Å². The van der Waals surface area contributed by atoms with Crippen molar-refractivity contribution < 1.29 is 5.11 Å². The largest absolute Gasteiger partial charge is 0.506 e. The lowest BCUT2D eigenvalue weighted by molar-refractivity contribution is 0.369. The first-order valence-corrected chi connectivity index (χ1v) is 10.2. The smallest absolute Gasteiger partial charge is 0.194 e. The van der Waals surface area contributed by atoms with E-state index in [4.69, 9.17) is 4.98 Å². The van der Waals surface area contributed by atoms with Gasteiger partial charge < -0.3 is 20.2 Å². The topological polar surface area (TPSA) is 64.0 Å². The molecule has 27 heavy (non-hydrogen) atoms. The number of aromatic nitrogens is 1. The number of rotatable bonds is 3. The van der Waals surface area contributed by atoms with Crippen molar-refractivity contribution in [1.29, 1.82) is 0 Å². The molecule has 1 aliphatic heterocycles. The number of aliphatic imine (C=N–C) groups is 1. The molecule has 2 aromatic rings. The lowest BCUT2D eigenvalue weighted by Gasteiger charge is -2.37. The van der Waals surface area contributed by atoms with E-state index in [1.807, 2.05) is 25.2 Å². The van der Waals surface area contributed by atoms with Crippen LogP contribution in [0.3, 0.4) is 0 Å². The van der Waals surface area contributed by atoms with E-state index in [0.29, 0.717) is 12.3 Å². The summed E-state index contributed by atoms with van der Waals surface area (Å²) in [5.74, 6) is 1.24. The van der Waals surface area contributed by atoms with Crippen molar-refractivity contribution in [2.75, 3.05) is 38.1 Å². The number of phenolic OH excluding ortho intramolecular Hbond substituents is 1. The monoisotopic (exact) mass is 387 g/mol. The third-order valence-electron chi connectivity index (χ3n) is 4.73. The highest BCUT2D eigenvalue weighted by Gasteiger charge is 2.22. The Morgan fingerprint density at radius 2 is 1.93 bits per heavy atom. The minimum Gasteiger partial charge on any atom is -0.506 e. The minimum atomic E-state index is 0.0791. The van der Waals surface area contributed by atoms with Gasteiger partial charge in [0, 0.05) is 44.0 Å². The molecule has 1 aromatic carbocycles. The van der Waals surface area contributed by atoms with E-state index in [-0.39, 0.29) is 5.41 Å². The molecule has 2 heterocycles. The molecular weight excluding hydrogens is 358 g/mol. The van der Waals surface area contributed by atoms with Gasteiger partial charge in [0.15, 0.2) is 5.96 Å². The maximum Gasteiger partial charge on any atom is 0.194 e. The highest BCUT2D eigenvalue weighted by Crippen LogP contribution is 2.27. The van der Waals surface area contributed by atoms with Gasteiger partial charge >= 0.3 is 0 Å². The van der Waals surface area contributed by atoms with E-state index in [1.165, 1.54) is 0 Å². The number of aromatic hydroxyl groups is 1. The van der Waals surface area contributed by atoms with Crippen molar-refractivity contribution in [2.24, 2.45) is 4.99 Å². The molecule has 146 valence electrons. The van der Waals surface area contributed by atoms with Gasteiger partial charge in [-0.25, -0.2) is 4.98 Å². The van der Waals surface area contributed by atoms with Crippen molar-refractivity contribution in [3.63, 3.8) is 0 Å². The van der Waals surface area contributed by atoms with E-state index in [2.05, 4.69) is 46.3 Å². The number of thiazole rings is 1. The number of hydrogen-bond donors (Lipinski definition) is 2. The molecule has 6 nitrogen and oxygen atoms in total. The summed E-state index contributed by atoms with van der Waals surface area (Å²) in [6.07, 6.45) is 0. The first kappa shape index (κ1) is 19.5. The normalized spacial score (nSPS) is 15.9. The average Bonchev–Trinajstić information content (AvgIpc) is 3.13. The molecule has 1 fully saturated rings. The zero-order valence-electron chi connectivity index (χ0n) is 16.6. The molecule has 1 saturated heterocycles. The van der Waals surface area contributed by atoms with Crippen LogP contribution < -0.4 is 10.2 Å². The molecule has 1 aromatic heterocycles. The molecule has 0 atom stereocenters. The van der Waals surface area contributed by atoms with E-state index in [9.17, 15) is 5.11 Å². The fourth-order valence-corrected chi connectivity index (χ4v) is 4.07. The third kappa shape index (κ3) is 4.71. The van der Waals surface area contributed by atoms with Crippen LogP contribution in [0.4, 0.5) is 5.69 Å². The Hall–Kier alpha value is -2.28. The number of nitrogens with one attached hydrogen (secondary N) is 1. The SMILES string of the molecule is CN=C(NCc1nc(C(C)(C)C)cs1)N1CCN(c2ccccc2O)CC1. The molecule has 0 spiro atoms. The molecule has 3 rings (SSSR count). The van der Waals surface area contributed by atoms with Crippen LogP contribution in [-0.4, -0.2) is 54.2 Å². The second-order valence-electron chi connectivity index (χ2n) is 7.74. The van der Waals surface area contributed by atoms with Gasteiger partial charge in [-0.1, -0.05) is 32.9 Å². The first-order chi connectivity index (χ1) is 12.9. The molecule has 7 heteroatoms. The van der Waals surface area contributed by atoms with Crippen LogP contribution in [-0.2, 0) is 12.0 Å². The minimum absolute atomic E-state index is 0.0791. The highest BCUT2D eigenvalue weighted by molar-refractivity contribution is 7.09. The number of nitrogens with zero attached hydrogens (tertiary/aromatic N) is 4. The van der Waals surface area contributed by atoms with Crippen molar-refractivity contribution in [2.45, 2.75) is 32.7 Å². The van der Waals surface area contributed by atoms with Crippen LogP contribution in [0.5, 0.6) is 5.75 Å². The van der Waals surface area contributed by atoms with Gasteiger partial charge in [0.25, 0.3) is 0 Å². The van der Waals surface area contributed by atoms with E-state index in [1.54, 1.807) is 17.4 Å². The average molecular weight is 388 g/mol. The Bertz CT molecular complexity index is 788. The molecule has 1 aliphatic rings. The van der Waals surface area contributed by atoms with Crippen LogP contribution in [0.1, 0.15) is 31.5 Å². The Labute approximate surface area is 165 Å². The lowest BCUT2D eigenvalue weighted by atomic mass is 9.93. The zero-order chi connectivity index (χ0) is 19.4.